The van der Waals surface area contributed by atoms with Gasteiger partial charge in [-0.3, -0.25) is 4.79 Å². The summed E-state index contributed by atoms with van der Waals surface area (Å²) in [5.41, 5.74) is 0.310. The Labute approximate surface area is 124 Å². The average Bonchev–Trinajstić information content (AvgIpc) is 2.46. The van der Waals surface area contributed by atoms with Crippen molar-refractivity contribution in [2.45, 2.75) is 32.6 Å². The van der Waals surface area contributed by atoms with E-state index in [0.717, 1.165) is 6.42 Å². The predicted molar refractivity (Wildman–Crippen MR) is 75.6 cm³/mol. The van der Waals surface area contributed by atoms with Crippen LogP contribution >= 0.6 is 0 Å². The maximum Gasteiger partial charge on any atom is 0.407 e. The number of alkyl carbamates (subject to hydrolysis) is 1. The van der Waals surface area contributed by atoms with E-state index in [1.165, 1.54) is 7.11 Å². The Morgan fingerprint density at radius 3 is 2.38 bits per heavy atom. The van der Waals surface area contributed by atoms with Crippen molar-refractivity contribution in [3.8, 4) is 0 Å². The first-order valence-corrected chi connectivity index (χ1v) is 6.77. The van der Waals surface area contributed by atoms with Crippen molar-refractivity contribution in [2.24, 2.45) is 0 Å². The maximum atomic E-state index is 11.2. The lowest BCUT2D eigenvalue weighted by Crippen LogP contribution is -2.29. The molecule has 0 aromatic rings. The largest absolute Gasteiger partial charge is 0.469 e. The molecule has 0 aromatic heterocycles. The van der Waals surface area contributed by atoms with Gasteiger partial charge in [0.25, 0.3) is 0 Å². The SMILES string of the molecule is C=C(C)C(=O)OCCNC(=O)OCCCCCC(=O)OC. The molecular formula is C14H23NO6. The van der Waals surface area contributed by atoms with Crippen LogP contribution in [0.3, 0.4) is 0 Å². The summed E-state index contributed by atoms with van der Waals surface area (Å²) in [6, 6.07) is 0. The van der Waals surface area contributed by atoms with Gasteiger partial charge < -0.3 is 19.5 Å². The molecule has 0 saturated carbocycles. The number of hydrogen-bond donors (Lipinski definition) is 1. The zero-order valence-corrected chi connectivity index (χ0v) is 12.6. The van der Waals surface area contributed by atoms with Gasteiger partial charge in [0.1, 0.15) is 6.61 Å². The lowest BCUT2D eigenvalue weighted by molar-refractivity contribution is -0.141. The van der Waals surface area contributed by atoms with Crippen LogP contribution in [0.1, 0.15) is 32.6 Å². The number of nitrogens with one attached hydrogen (secondary N) is 1. The van der Waals surface area contributed by atoms with Crippen LogP contribution in [0.2, 0.25) is 0 Å². The number of carbonyl (C=O) groups is 3. The third kappa shape index (κ3) is 11.5. The Morgan fingerprint density at radius 1 is 1.05 bits per heavy atom. The van der Waals surface area contributed by atoms with Gasteiger partial charge in [-0.05, 0) is 26.2 Å². The van der Waals surface area contributed by atoms with E-state index in [1.54, 1.807) is 6.92 Å². The van der Waals surface area contributed by atoms with Gasteiger partial charge in [-0.25, -0.2) is 9.59 Å². The summed E-state index contributed by atoms with van der Waals surface area (Å²) in [5.74, 6) is -0.728. The topological polar surface area (TPSA) is 90.9 Å². The second kappa shape index (κ2) is 11.7. The molecule has 0 aliphatic rings. The predicted octanol–water partition coefficient (Wildman–Crippen LogP) is 1.57. The Bertz CT molecular complexity index is 366. The highest BCUT2D eigenvalue weighted by Crippen LogP contribution is 2.01. The summed E-state index contributed by atoms with van der Waals surface area (Å²) in [7, 11) is 1.35. The van der Waals surface area contributed by atoms with Gasteiger partial charge in [0.2, 0.25) is 0 Å². The van der Waals surface area contributed by atoms with E-state index >= 15 is 0 Å². The number of carbonyl (C=O) groups excluding carboxylic acids is 3. The molecule has 0 unspecified atom stereocenters. The molecule has 21 heavy (non-hydrogen) atoms. The third-order valence-electron chi connectivity index (χ3n) is 2.44. The van der Waals surface area contributed by atoms with Gasteiger partial charge in [-0.2, -0.15) is 0 Å². The highest BCUT2D eigenvalue weighted by molar-refractivity contribution is 5.86. The molecule has 0 radical (unpaired) electrons. The molecule has 120 valence electrons. The number of esters is 2. The van der Waals surface area contributed by atoms with Gasteiger partial charge >= 0.3 is 18.0 Å². The average molecular weight is 301 g/mol. The van der Waals surface area contributed by atoms with E-state index in [4.69, 9.17) is 9.47 Å². The Morgan fingerprint density at radius 2 is 1.76 bits per heavy atom. The van der Waals surface area contributed by atoms with Crippen molar-refractivity contribution < 1.29 is 28.6 Å². The number of rotatable bonds is 10. The van der Waals surface area contributed by atoms with Crippen molar-refractivity contribution >= 4 is 18.0 Å². The van der Waals surface area contributed by atoms with Gasteiger partial charge in [0.15, 0.2) is 0 Å². The number of ether oxygens (including phenoxy) is 3. The van der Waals surface area contributed by atoms with Crippen LogP contribution in [0.4, 0.5) is 4.79 Å². The summed E-state index contributed by atoms with van der Waals surface area (Å²) in [6.07, 6.45) is 1.97. The number of hydrogen-bond acceptors (Lipinski definition) is 6. The smallest absolute Gasteiger partial charge is 0.407 e. The number of amides is 1. The minimum atomic E-state index is -0.561. The molecule has 1 N–H and O–H groups in total. The van der Waals surface area contributed by atoms with Gasteiger partial charge in [-0.15, -0.1) is 0 Å². The van der Waals surface area contributed by atoms with Crippen LogP contribution in [0.5, 0.6) is 0 Å². The second-order valence-corrected chi connectivity index (χ2v) is 4.37. The van der Waals surface area contributed by atoms with Crippen LogP contribution in [0.25, 0.3) is 0 Å². The van der Waals surface area contributed by atoms with Crippen LogP contribution in [0, 0.1) is 0 Å². The van der Waals surface area contributed by atoms with E-state index in [-0.39, 0.29) is 25.7 Å². The van der Waals surface area contributed by atoms with Gasteiger partial charge in [0.05, 0.1) is 20.3 Å². The fourth-order valence-electron chi connectivity index (χ4n) is 1.29. The molecule has 7 heteroatoms. The first-order valence-electron chi connectivity index (χ1n) is 6.77. The summed E-state index contributed by atoms with van der Waals surface area (Å²) in [6.45, 7) is 5.51. The lowest BCUT2D eigenvalue weighted by atomic mass is 10.2. The molecule has 0 fully saturated rings. The Hall–Kier alpha value is -2.05. The van der Waals surface area contributed by atoms with Crippen molar-refractivity contribution in [3.05, 3.63) is 12.2 Å². The van der Waals surface area contributed by atoms with E-state index in [0.29, 0.717) is 24.8 Å². The van der Waals surface area contributed by atoms with Crippen molar-refractivity contribution in [1.29, 1.82) is 0 Å². The lowest BCUT2D eigenvalue weighted by Gasteiger charge is -2.07. The molecule has 0 saturated heterocycles. The molecule has 7 nitrogen and oxygen atoms in total. The molecule has 0 heterocycles. The molecular weight excluding hydrogens is 278 g/mol. The molecule has 0 spiro atoms. The van der Waals surface area contributed by atoms with E-state index in [9.17, 15) is 14.4 Å². The highest BCUT2D eigenvalue weighted by Gasteiger charge is 2.05. The summed E-state index contributed by atoms with van der Waals surface area (Å²) in [5, 5.41) is 2.45. The second-order valence-electron chi connectivity index (χ2n) is 4.37. The van der Waals surface area contributed by atoms with Crippen molar-refractivity contribution in [2.75, 3.05) is 26.9 Å². The molecule has 0 aliphatic carbocycles. The molecule has 0 rings (SSSR count). The molecule has 0 aromatic carbocycles. The van der Waals surface area contributed by atoms with Crippen LogP contribution in [0.15, 0.2) is 12.2 Å². The molecule has 0 bridgehead atoms. The van der Waals surface area contributed by atoms with Crippen LogP contribution in [-0.4, -0.2) is 44.9 Å². The third-order valence-corrected chi connectivity index (χ3v) is 2.44. The van der Waals surface area contributed by atoms with Crippen LogP contribution in [-0.2, 0) is 23.8 Å². The maximum absolute atomic E-state index is 11.2. The quantitative estimate of drug-likeness (QED) is 0.285. The fraction of sp³-hybridized carbons (Fsp3) is 0.643. The minimum absolute atomic E-state index is 0.0694. The first-order chi connectivity index (χ1) is 9.97. The van der Waals surface area contributed by atoms with E-state index < -0.39 is 12.1 Å². The molecule has 0 atom stereocenters. The number of unbranched alkanes of at least 4 members (excludes halogenated alkanes) is 2. The fourth-order valence-corrected chi connectivity index (χ4v) is 1.29. The summed E-state index contributed by atoms with van der Waals surface area (Å²) < 4.78 is 14.2. The molecule has 1 amide bonds. The summed E-state index contributed by atoms with van der Waals surface area (Å²) in [4.78, 5) is 33.1. The zero-order valence-electron chi connectivity index (χ0n) is 12.6. The Balaban J connectivity index is 3.41. The van der Waals surface area contributed by atoms with E-state index in [2.05, 4.69) is 16.6 Å². The highest BCUT2D eigenvalue weighted by atomic mass is 16.6. The normalized spacial score (nSPS) is 9.62. The van der Waals surface area contributed by atoms with Gasteiger partial charge in [-0.1, -0.05) is 6.58 Å². The summed E-state index contributed by atoms with van der Waals surface area (Å²) >= 11 is 0. The monoisotopic (exact) mass is 301 g/mol. The minimum Gasteiger partial charge on any atom is -0.469 e. The van der Waals surface area contributed by atoms with Crippen molar-refractivity contribution in [3.63, 3.8) is 0 Å². The van der Waals surface area contributed by atoms with Crippen LogP contribution < -0.4 is 5.32 Å². The Kier molecular flexibility index (Phi) is 10.6. The number of methoxy groups -OCH3 is 1. The molecule has 0 aliphatic heterocycles. The zero-order chi connectivity index (χ0) is 16.1. The standard InChI is InChI=1S/C14H23NO6/c1-11(2)13(17)20-10-8-15-14(18)21-9-6-4-5-7-12(16)19-3/h1,4-10H2,2-3H3,(H,15,18). The van der Waals surface area contributed by atoms with Crippen molar-refractivity contribution in [1.82, 2.24) is 5.32 Å². The first kappa shape index (κ1) is 18.9. The van der Waals surface area contributed by atoms with E-state index in [1.807, 2.05) is 0 Å². The van der Waals surface area contributed by atoms with Gasteiger partial charge in [0, 0.05) is 12.0 Å².